The highest BCUT2D eigenvalue weighted by Gasteiger charge is 2.48. The van der Waals surface area contributed by atoms with E-state index in [1.807, 2.05) is 0 Å². The Balaban J connectivity index is 1.31. The number of amides is 1. The fourth-order valence-electron chi connectivity index (χ4n) is 5.80. The maximum atomic E-state index is 15.4. The van der Waals surface area contributed by atoms with Crippen LogP contribution in [0, 0.1) is 23.1 Å². The van der Waals surface area contributed by atoms with E-state index in [1.54, 1.807) is 20.8 Å². The molecule has 3 heterocycles. The van der Waals surface area contributed by atoms with Crippen molar-refractivity contribution < 1.29 is 40.7 Å². The highest BCUT2D eigenvalue weighted by Crippen LogP contribution is 2.43. The molecule has 1 aromatic carbocycles. The van der Waals surface area contributed by atoms with Crippen LogP contribution in [-0.4, -0.2) is 57.9 Å². The molecule has 0 radical (unpaired) electrons. The molecule has 2 atom stereocenters. The first-order valence-corrected chi connectivity index (χ1v) is 15.6. The van der Waals surface area contributed by atoms with Crippen LogP contribution in [0.2, 0.25) is 5.02 Å². The Morgan fingerprint density at radius 1 is 1.11 bits per heavy atom. The molecule has 1 amide bonds. The molecule has 2 unspecified atom stereocenters. The molecule has 9 nitrogen and oxygen atoms in total. The second kappa shape index (κ2) is 13.5. The first-order chi connectivity index (χ1) is 22.0. The number of aromatic amines is 1. The number of nitrogens with one attached hydrogen (secondary N) is 4. The van der Waals surface area contributed by atoms with Crippen molar-refractivity contribution in [2.45, 2.75) is 84.1 Å². The van der Waals surface area contributed by atoms with Crippen LogP contribution in [-0.2, 0) is 11.3 Å². The summed E-state index contributed by atoms with van der Waals surface area (Å²) in [5, 5.41) is 8.62. The Hall–Kier alpha value is -3.59. The summed E-state index contributed by atoms with van der Waals surface area (Å²) in [6.07, 6.45) is -6.22. The van der Waals surface area contributed by atoms with E-state index < -0.39 is 42.1 Å². The van der Waals surface area contributed by atoms with Gasteiger partial charge in [-0.2, -0.15) is 23.1 Å². The third kappa shape index (κ3) is 8.29. The van der Waals surface area contributed by atoms with E-state index in [4.69, 9.17) is 16.3 Å². The third-order valence-corrected chi connectivity index (χ3v) is 8.81. The smallest absolute Gasteiger partial charge is 0.391 e. The molecule has 4 N–H and O–H groups in total. The number of rotatable bonds is 11. The Kier molecular flexibility index (Phi) is 9.97. The van der Waals surface area contributed by atoms with Crippen molar-refractivity contribution in [3.63, 3.8) is 0 Å². The second-order valence-electron chi connectivity index (χ2n) is 13.0. The lowest BCUT2D eigenvalue weighted by Crippen LogP contribution is -2.34. The van der Waals surface area contributed by atoms with Gasteiger partial charge in [-0.05, 0) is 43.7 Å². The van der Waals surface area contributed by atoms with Crippen molar-refractivity contribution >= 4 is 46.1 Å². The summed E-state index contributed by atoms with van der Waals surface area (Å²) in [4.78, 5) is 36.9. The number of pyridine rings is 1. The monoisotopic (exact) mass is 688 g/mol. The van der Waals surface area contributed by atoms with E-state index in [9.17, 15) is 31.5 Å². The number of halogens is 7. The molecule has 1 saturated carbocycles. The largest absolute Gasteiger partial charge is 0.471 e. The lowest BCUT2D eigenvalue weighted by molar-refractivity contribution is -0.183. The number of Topliss-reactive ketones (excluding diaryl/α,β-unsaturated/α-hetero) is 1. The molecular weight excluding hydrogens is 654 g/mol. The minimum atomic E-state index is -4.21. The lowest BCUT2D eigenvalue weighted by atomic mass is 9.79. The highest BCUT2D eigenvalue weighted by molar-refractivity contribution is 6.33. The molecule has 5 rings (SSSR count). The fourth-order valence-corrected chi connectivity index (χ4v) is 5.99. The minimum Gasteiger partial charge on any atom is -0.471 e. The van der Waals surface area contributed by atoms with Gasteiger partial charge in [0.1, 0.15) is 0 Å². The molecule has 1 saturated heterocycles. The van der Waals surface area contributed by atoms with E-state index in [0.29, 0.717) is 12.8 Å². The van der Waals surface area contributed by atoms with Gasteiger partial charge in [0.15, 0.2) is 23.9 Å². The molecule has 47 heavy (non-hydrogen) atoms. The molecule has 1 aliphatic heterocycles. The van der Waals surface area contributed by atoms with Crippen molar-refractivity contribution in [3.8, 4) is 5.88 Å². The van der Waals surface area contributed by atoms with Crippen molar-refractivity contribution in [3.05, 3.63) is 40.2 Å². The number of alkyl halides is 5. The van der Waals surface area contributed by atoms with E-state index in [2.05, 4.69) is 30.9 Å². The van der Waals surface area contributed by atoms with Gasteiger partial charge in [0, 0.05) is 36.0 Å². The molecule has 2 fully saturated rings. The molecule has 0 bridgehead atoms. The number of ether oxygens (including phenoxy) is 1. The Morgan fingerprint density at radius 3 is 2.45 bits per heavy atom. The number of carbonyl (C=O) groups is 2. The number of hydrogen-bond donors (Lipinski definition) is 4. The van der Waals surface area contributed by atoms with Crippen molar-refractivity contribution in [2.24, 2.45) is 17.3 Å². The first kappa shape index (κ1) is 34.7. The number of nitrogens with zero attached hydrogens (tertiary/aromatic N) is 2. The zero-order chi connectivity index (χ0) is 34.3. The van der Waals surface area contributed by atoms with Crippen LogP contribution in [0.4, 0.5) is 38.0 Å². The van der Waals surface area contributed by atoms with E-state index in [1.165, 1.54) is 18.2 Å². The summed E-state index contributed by atoms with van der Waals surface area (Å²) in [7, 11) is 0. The fraction of sp³-hybridized carbons (Fsp3) is 0.548. The number of anilines is 2. The summed E-state index contributed by atoms with van der Waals surface area (Å²) in [5.41, 5.74) is -0.547. The summed E-state index contributed by atoms with van der Waals surface area (Å²) in [6, 6.07) is 3.84. The number of benzene rings is 1. The number of aromatic nitrogens is 3. The Morgan fingerprint density at radius 2 is 1.81 bits per heavy atom. The molecule has 3 aromatic rings. The molecule has 16 heteroatoms. The number of fused-ring (bicyclic) bond motifs is 1. The number of ketones is 1. The number of hydrogen-bond acceptors (Lipinski definition) is 7. The molecule has 1 aliphatic carbocycles. The summed E-state index contributed by atoms with van der Waals surface area (Å²) < 4.78 is 85.9. The third-order valence-electron chi connectivity index (χ3n) is 8.50. The summed E-state index contributed by atoms with van der Waals surface area (Å²) in [5.74, 6) is -3.16. The predicted octanol–water partition coefficient (Wildman–Crippen LogP) is 7.08. The number of H-pyrrole nitrogens is 1. The van der Waals surface area contributed by atoms with Crippen molar-refractivity contribution in [2.75, 3.05) is 11.9 Å². The Bertz CT molecular complexity index is 1630. The SMILES string of the molecule is CC(C)(C)C(=O)NCc1ccc(Cl)c(Nc2nc3nc(OCC(F)F)c(C(=O)CC4NC4C4CCC(C(F)(F)F)CC4)cc3[nH]2)c1F. The first-order valence-electron chi connectivity index (χ1n) is 15.2. The zero-order valence-electron chi connectivity index (χ0n) is 25.8. The van der Waals surface area contributed by atoms with Gasteiger partial charge < -0.3 is 25.7 Å². The van der Waals surface area contributed by atoms with Crippen LogP contribution >= 0.6 is 11.6 Å². The number of carbonyl (C=O) groups excluding carboxylic acids is 2. The summed E-state index contributed by atoms with van der Waals surface area (Å²) >= 11 is 6.26. The van der Waals surface area contributed by atoms with Crippen LogP contribution in [0.1, 0.15) is 68.8 Å². The molecule has 2 aromatic heterocycles. The highest BCUT2D eigenvalue weighted by atomic mass is 35.5. The van der Waals surface area contributed by atoms with Crippen LogP contribution in [0.3, 0.4) is 0 Å². The zero-order valence-corrected chi connectivity index (χ0v) is 26.6. The predicted molar refractivity (Wildman–Crippen MR) is 163 cm³/mol. The maximum Gasteiger partial charge on any atom is 0.391 e. The van der Waals surface area contributed by atoms with Crippen LogP contribution in [0.5, 0.6) is 5.88 Å². The molecule has 2 aliphatic rings. The molecular formula is C31H35ClF6N6O3. The lowest BCUT2D eigenvalue weighted by Gasteiger charge is -2.29. The standard InChI is InChI=1S/C31H35ClF6N6O3/c1-30(2,3)28(46)39-12-15-6-9-18(32)25(23(15)35)42-29-41-20-10-17(27(43-26(20)44-29)47-13-22(33)34)21(45)11-19-24(40-19)14-4-7-16(8-5-14)31(36,37)38/h6,9-10,14,16,19,22,24,40H,4-5,7-8,11-13H2,1-3H3,(H,39,46)(H2,41,42,43,44). The van der Waals surface area contributed by atoms with E-state index >= 15 is 4.39 Å². The van der Waals surface area contributed by atoms with Crippen molar-refractivity contribution in [1.29, 1.82) is 0 Å². The second-order valence-corrected chi connectivity index (χ2v) is 13.4. The quantitative estimate of drug-likeness (QED) is 0.0962. The van der Waals surface area contributed by atoms with Crippen LogP contribution in [0.25, 0.3) is 11.2 Å². The van der Waals surface area contributed by atoms with Gasteiger partial charge in [-0.3, -0.25) is 9.59 Å². The van der Waals surface area contributed by atoms with E-state index in [0.717, 1.165) is 0 Å². The van der Waals surface area contributed by atoms with Gasteiger partial charge >= 0.3 is 6.18 Å². The van der Waals surface area contributed by atoms with Gasteiger partial charge in [-0.1, -0.05) is 38.4 Å². The molecule has 256 valence electrons. The van der Waals surface area contributed by atoms with Gasteiger partial charge in [-0.15, -0.1) is 0 Å². The average Bonchev–Trinajstić information content (AvgIpc) is 3.64. The maximum absolute atomic E-state index is 15.4. The van der Waals surface area contributed by atoms with Gasteiger partial charge in [-0.25, -0.2) is 13.2 Å². The van der Waals surface area contributed by atoms with E-state index in [-0.39, 0.29) is 94.5 Å². The Labute approximate surface area is 271 Å². The minimum absolute atomic E-state index is 0.00304. The van der Waals surface area contributed by atoms with Gasteiger partial charge in [0.2, 0.25) is 17.7 Å². The van der Waals surface area contributed by atoms with Gasteiger partial charge in [0.25, 0.3) is 6.43 Å². The number of imidazole rings is 1. The van der Waals surface area contributed by atoms with Gasteiger partial charge in [0.05, 0.1) is 27.7 Å². The average molecular weight is 689 g/mol. The van der Waals surface area contributed by atoms with Crippen LogP contribution < -0.4 is 20.7 Å². The topological polar surface area (TPSA) is 131 Å². The normalized spacial score (nSPS) is 21.6. The van der Waals surface area contributed by atoms with Crippen LogP contribution in [0.15, 0.2) is 18.2 Å². The van der Waals surface area contributed by atoms with Crippen molar-refractivity contribution in [1.82, 2.24) is 25.6 Å². The molecule has 0 spiro atoms. The summed E-state index contributed by atoms with van der Waals surface area (Å²) in [6.45, 7) is 4.04.